The van der Waals surface area contributed by atoms with Crippen LogP contribution in [0.25, 0.3) is 0 Å². The third kappa shape index (κ3) is 9.03. The molecule has 3 rings (SSSR count). The maximum atomic E-state index is 14.2. The van der Waals surface area contributed by atoms with Gasteiger partial charge in [-0.25, -0.2) is 13.6 Å². The molecule has 0 heterocycles. The zero-order valence-corrected chi connectivity index (χ0v) is 19.7. The highest BCUT2D eigenvalue weighted by Crippen LogP contribution is 2.40. The average molecular weight is 485 g/mol. The topological polar surface area (TPSA) is 37.3 Å². The van der Waals surface area contributed by atoms with E-state index in [1.54, 1.807) is 30.3 Å². The van der Waals surface area contributed by atoms with Crippen molar-refractivity contribution in [2.75, 3.05) is 0 Å². The van der Waals surface area contributed by atoms with Gasteiger partial charge in [0.25, 0.3) is 5.76 Å². The fourth-order valence-electron chi connectivity index (χ4n) is 4.25. The Morgan fingerprint density at radius 3 is 2.18 bits per heavy atom. The normalized spacial score (nSPS) is 18.0. The van der Waals surface area contributed by atoms with Crippen molar-refractivity contribution in [3.05, 3.63) is 65.2 Å². The molecule has 7 heteroatoms. The summed E-state index contributed by atoms with van der Waals surface area (Å²) in [6, 6.07) is 11.1. The molecular formula is C26H32F4O2S. The summed E-state index contributed by atoms with van der Waals surface area (Å²) in [5.41, 5.74) is 0.688. The van der Waals surface area contributed by atoms with Gasteiger partial charge in [-0.15, -0.1) is 0 Å². The van der Waals surface area contributed by atoms with Crippen LogP contribution in [0.3, 0.4) is 0 Å². The molecule has 1 saturated carbocycles. The van der Waals surface area contributed by atoms with E-state index in [2.05, 4.69) is 6.92 Å². The number of thioether (sulfide) groups is 1. The van der Waals surface area contributed by atoms with Crippen LogP contribution in [0.2, 0.25) is 0 Å². The van der Waals surface area contributed by atoms with Gasteiger partial charge in [0.2, 0.25) is 0 Å². The minimum atomic E-state index is -2.74. The van der Waals surface area contributed by atoms with E-state index < -0.39 is 23.4 Å². The van der Waals surface area contributed by atoms with Crippen LogP contribution in [0, 0.1) is 17.6 Å². The van der Waals surface area contributed by atoms with E-state index in [4.69, 9.17) is 5.11 Å². The van der Waals surface area contributed by atoms with Crippen molar-refractivity contribution in [2.24, 2.45) is 5.92 Å². The van der Waals surface area contributed by atoms with E-state index in [0.29, 0.717) is 17.0 Å². The Hall–Kier alpha value is -2.02. The number of rotatable bonds is 9. The lowest BCUT2D eigenvalue weighted by atomic mass is 9.77. The number of benzene rings is 2. The second-order valence-electron chi connectivity index (χ2n) is 8.40. The molecule has 1 N–H and O–H groups in total. The first-order chi connectivity index (χ1) is 15.8. The van der Waals surface area contributed by atoms with Crippen LogP contribution in [0.5, 0.6) is 0 Å². The van der Waals surface area contributed by atoms with Crippen molar-refractivity contribution in [3.63, 3.8) is 0 Å². The highest BCUT2D eigenvalue weighted by Gasteiger charge is 2.26. The number of alkyl halides is 2. The van der Waals surface area contributed by atoms with Crippen LogP contribution in [-0.4, -0.2) is 16.8 Å². The number of hydrogen-bond donors (Lipinski definition) is 1. The molecule has 0 unspecified atom stereocenters. The summed E-state index contributed by atoms with van der Waals surface area (Å²) in [6.45, 7) is 2.20. The van der Waals surface area contributed by atoms with E-state index in [9.17, 15) is 22.4 Å². The summed E-state index contributed by atoms with van der Waals surface area (Å²) < 4.78 is 52.9. The lowest BCUT2D eigenvalue weighted by Crippen LogP contribution is -2.15. The summed E-state index contributed by atoms with van der Waals surface area (Å²) in [6.07, 6.45) is 10.1. The number of unbranched alkanes of at least 4 members (excludes halogenated alkanes) is 3. The summed E-state index contributed by atoms with van der Waals surface area (Å²) in [7, 11) is 0. The predicted molar refractivity (Wildman–Crippen MR) is 125 cm³/mol. The molecule has 0 spiro atoms. The molecule has 0 atom stereocenters. The number of carbonyl (C=O) groups is 1. The van der Waals surface area contributed by atoms with Gasteiger partial charge in [-0.1, -0.05) is 75.1 Å². The summed E-state index contributed by atoms with van der Waals surface area (Å²) in [4.78, 5) is 9.89. The number of hydrogen-bond acceptors (Lipinski definition) is 2. The first kappa shape index (κ1) is 27.2. The third-order valence-electron chi connectivity index (χ3n) is 6.07. The van der Waals surface area contributed by atoms with E-state index in [-0.39, 0.29) is 22.6 Å². The van der Waals surface area contributed by atoms with Crippen LogP contribution < -0.4 is 0 Å². The lowest BCUT2D eigenvalue weighted by molar-refractivity contribution is 0.0697. The third-order valence-corrected chi connectivity index (χ3v) is 6.81. The van der Waals surface area contributed by atoms with Gasteiger partial charge in [-0.2, -0.15) is 8.78 Å². The first-order valence-corrected chi connectivity index (χ1v) is 12.4. The average Bonchev–Trinajstić information content (AvgIpc) is 2.81. The van der Waals surface area contributed by atoms with Crippen LogP contribution in [-0.2, 0) is 0 Å². The summed E-state index contributed by atoms with van der Waals surface area (Å²) in [5, 5.41) is 8.38. The van der Waals surface area contributed by atoms with Crippen molar-refractivity contribution in [2.45, 2.75) is 81.3 Å². The molecule has 0 aliphatic heterocycles. The Kier molecular flexibility index (Phi) is 11.8. The number of halogens is 4. The minimum absolute atomic E-state index is 0.0111. The van der Waals surface area contributed by atoms with Gasteiger partial charge in [-0.3, -0.25) is 0 Å². The number of carboxylic acids is 1. The van der Waals surface area contributed by atoms with Crippen molar-refractivity contribution >= 4 is 17.7 Å². The molecule has 0 radical (unpaired) electrons. The largest absolute Gasteiger partial charge is 0.478 e. The first-order valence-electron chi connectivity index (χ1n) is 11.5. The van der Waals surface area contributed by atoms with Crippen LogP contribution in [0.4, 0.5) is 17.6 Å². The summed E-state index contributed by atoms with van der Waals surface area (Å²) in [5.74, 6) is -4.98. The van der Waals surface area contributed by atoms with Crippen molar-refractivity contribution in [1.82, 2.24) is 0 Å². The quantitative estimate of drug-likeness (QED) is 0.219. The van der Waals surface area contributed by atoms with Gasteiger partial charge in [0.05, 0.1) is 10.5 Å². The van der Waals surface area contributed by atoms with Gasteiger partial charge in [0.15, 0.2) is 11.6 Å². The maximum absolute atomic E-state index is 14.2. The maximum Gasteiger partial charge on any atom is 0.335 e. The van der Waals surface area contributed by atoms with Crippen LogP contribution >= 0.6 is 11.8 Å². The molecule has 2 aromatic rings. The lowest BCUT2D eigenvalue weighted by Gasteiger charge is -2.29. The van der Waals surface area contributed by atoms with Gasteiger partial charge in [0, 0.05) is 0 Å². The van der Waals surface area contributed by atoms with Crippen LogP contribution in [0.15, 0.2) is 47.4 Å². The van der Waals surface area contributed by atoms with Gasteiger partial charge in [-0.05, 0) is 61.3 Å². The van der Waals surface area contributed by atoms with Crippen molar-refractivity contribution < 1.29 is 27.5 Å². The van der Waals surface area contributed by atoms with Gasteiger partial charge >= 0.3 is 5.97 Å². The molecule has 1 fully saturated rings. The second-order valence-corrected chi connectivity index (χ2v) is 9.43. The van der Waals surface area contributed by atoms with E-state index in [1.807, 2.05) is 0 Å². The highest BCUT2D eigenvalue weighted by atomic mass is 32.2. The zero-order valence-electron chi connectivity index (χ0n) is 18.9. The molecule has 0 saturated heterocycles. The zero-order chi connectivity index (χ0) is 24.2. The second kappa shape index (κ2) is 14.3. The molecule has 2 nitrogen and oxygen atoms in total. The minimum Gasteiger partial charge on any atom is -0.478 e. The monoisotopic (exact) mass is 484 g/mol. The number of aromatic carboxylic acids is 1. The molecule has 33 heavy (non-hydrogen) atoms. The Balaban J connectivity index is 0.000000357. The van der Waals surface area contributed by atoms with Crippen molar-refractivity contribution in [1.29, 1.82) is 0 Å². The molecule has 0 amide bonds. The highest BCUT2D eigenvalue weighted by molar-refractivity contribution is 7.99. The SMILES string of the molecule is CCCCCCC1CCC(c2ccc(SC(F)F)c(F)c2F)CC1.O=C(O)c1ccccc1. The molecule has 0 aromatic heterocycles. The molecule has 1 aliphatic rings. The smallest absolute Gasteiger partial charge is 0.335 e. The molecule has 2 aromatic carbocycles. The molecule has 182 valence electrons. The molecule has 0 bridgehead atoms. The fourth-order valence-corrected chi connectivity index (χ4v) is 4.78. The van der Waals surface area contributed by atoms with Crippen molar-refractivity contribution in [3.8, 4) is 0 Å². The Morgan fingerprint density at radius 2 is 1.64 bits per heavy atom. The molecule has 1 aliphatic carbocycles. The van der Waals surface area contributed by atoms with E-state index >= 15 is 0 Å². The standard InChI is InChI=1S/C19H26F4S.C7H6O2/c1-2-3-4-5-6-13-7-9-14(10-8-13)15-11-12-16(24-19(22)23)18(21)17(15)20;8-7(9)6-4-2-1-3-5-6/h11-14,19H,2-10H2,1H3;1-5H,(H,8,9). The van der Waals surface area contributed by atoms with Gasteiger partial charge in [0.1, 0.15) is 0 Å². The summed E-state index contributed by atoms with van der Waals surface area (Å²) >= 11 is 0.0596. The van der Waals surface area contributed by atoms with E-state index in [1.165, 1.54) is 44.2 Å². The Bertz CT molecular complexity index is 853. The fraction of sp³-hybridized carbons (Fsp3) is 0.500. The van der Waals surface area contributed by atoms with Gasteiger partial charge < -0.3 is 5.11 Å². The Labute approximate surface area is 197 Å². The Morgan fingerprint density at radius 1 is 0.970 bits per heavy atom. The molecular weight excluding hydrogens is 452 g/mol. The predicted octanol–water partition coefficient (Wildman–Crippen LogP) is 8.91. The number of carboxylic acid groups (broad SMARTS) is 1. The van der Waals surface area contributed by atoms with Crippen LogP contribution in [0.1, 0.15) is 86.6 Å². The van der Waals surface area contributed by atoms with E-state index in [0.717, 1.165) is 25.7 Å².